The van der Waals surface area contributed by atoms with Crippen LogP contribution in [0, 0.1) is 0 Å². The molecule has 2 aromatic carbocycles. The summed E-state index contributed by atoms with van der Waals surface area (Å²) in [6.07, 6.45) is 21.3. The van der Waals surface area contributed by atoms with Gasteiger partial charge in [-0.15, -0.1) is 0 Å². The summed E-state index contributed by atoms with van der Waals surface area (Å²) < 4.78 is 0. The second-order valence-corrected chi connectivity index (χ2v) is 8.76. The van der Waals surface area contributed by atoms with Gasteiger partial charge in [-0.3, -0.25) is 0 Å². The molecule has 0 aromatic heterocycles. The molecule has 0 heterocycles. The molecule has 0 unspecified atom stereocenters. The molecule has 0 radical (unpaired) electrons. The third-order valence-electron chi connectivity index (χ3n) is 6.25. The van der Waals surface area contributed by atoms with E-state index < -0.39 is 0 Å². The minimum absolute atomic E-state index is 0.551. The van der Waals surface area contributed by atoms with Gasteiger partial charge in [-0.05, 0) is 17.5 Å². The van der Waals surface area contributed by atoms with E-state index in [1.165, 1.54) is 107 Å². The fourth-order valence-corrected chi connectivity index (χ4v) is 4.44. The Kier molecular flexibility index (Phi) is 13.3. The van der Waals surface area contributed by atoms with Gasteiger partial charge in [0.05, 0.1) is 0 Å². The average Bonchev–Trinajstić information content (AvgIpc) is 2.78. The van der Waals surface area contributed by atoms with E-state index in [1.807, 2.05) is 0 Å². The highest BCUT2D eigenvalue weighted by molar-refractivity contribution is 5.32. The molecule has 0 bridgehead atoms. The van der Waals surface area contributed by atoms with Crippen LogP contribution in [0.3, 0.4) is 0 Å². The van der Waals surface area contributed by atoms with Crippen molar-refractivity contribution >= 4 is 0 Å². The SMILES string of the molecule is CCCCCCCCCCCCCCCCC(c1ccccc1)c1ccccc1. The van der Waals surface area contributed by atoms with Crippen molar-refractivity contribution in [2.24, 2.45) is 0 Å². The molecule has 2 aromatic rings. The average molecular weight is 393 g/mol. The van der Waals surface area contributed by atoms with Gasteiger partial charge in [0, 0.05) is 5.92 Å². The Bertz CT molecular complexity index is 546. The third-order valence-corrected chi connectivity index (χ3v) is 6.25. The van der Waals surface area contributed by atoms with Crippen molar-refractivity contribution in [3.8, 4) is 0 Å². The van der Waals surface area contributed by atoms with Crippen molar-refractivity contribution < 1.29 is 0 Å². The van der Waals surface area contributed by atoms with Gasteiger partial charge in [-0.1, -0.05) is 157 Å². The molecule has 0 saturated carbocycles. The molecule has 0 aliphatic carbocycles. The van der Waals surface area contributed by atoms with Gasteiger partial charge in [-0.2, -0.15) is 0 Å². The third kappa shape index (κ3) is 10.7. The van der Waals surface area contributed by atoms with Crippen LogP contribution >= 0.6 is 0 Å². The highest BCUT2D eigenvalue weighted by Crippen LogP contribution is 2.30. The minimum atomic E-state index is 0.551. The van der Waals surface area contributed by atoms with Gasteiger partial charge in [0.2, 0.25) is 0 Å². The Morgan fingerprint density at radius 2 is 0.793 bits per heavy atom. The van der Waals surface area contributed by atoms with E-state index in [0.29, 0.717) is 5.92 Å². The van der Waals surface area contributed by atoms with E-state index in [4.69, 9.17) is 0 Å². The summed E-state index contributed by atoms with van der Waals surface area (Å²) in [6, 6.07) is 22.1. The molecule has 0 N–H and O–H groups in total. The molecule has 0 amide bonds. The van der Waals surface area contributed by atoms with Crippen molar-refractivity contribution in [2.75, 3.05) is 0 Å². The molecule has 0 spiro atoms. The minimum Gasteiger partial charge on any atom is -0.0654 e. The standard InChI is InChI=1S/C29H44/c1-2-3-4-5-6-7-8-9-10-11-12-13-14-21-26-29(27-22-17-15-18-23-27)28-24-19-16-20-25-28/h15-20,22-25,29H,2-14,21,26H2,1H3. The lowest BCUT2D eigenvalue weighted by molar-refractivity contribution is 0.527. The second kappa shape index (κ2) is 16.3. The summed E-state index contributed by atoms with van der Waals surface area (Å²) in [5, 5.41) is 0. The number of unbranched alkanes of at least 4 members (excludes halogenated alkanes) is 13. The number of hydrogen-bond acceptors (Lipinski definition) is 0. The molecule has 0 nitrogen and oxygen atoms in total. The first-order valence-electron chi connectivity index (χ1n) is 12.5. The molecular formula is C29H44. The Morgan fingerprint density at radius 3 is 1.17 bits per heavy atom. The summed E-state index contributed by atoms with van der Waals surface area (Å²) in [6.45, 7) is 2.30. The van der Waals surface area contributed by atoms with Crippen LogP contribution in [0.5, 0.6) is 0 Å². The Balaban J connectivity index is 1.52. The quantitative estimate of drug-likeness (QED) is 0.235. The van der Waals surface area contributed by atoms with Crippen molar-refractivity contribution in [3.05, 3.63) is 71.8 Å². The number of benzene rings is 2. The first-order valence-corrected chi connectivity index (χ1v) is 12.5. The zero-order valence-electron chi connectivity index (χ0n) is 19.0. The topological polar surface area (TPSA) is 0 Å². The van der Waals surface area contributed by atoms with E-state index in [9.17, 15) is 0 Å². The van der Waals surface area contributed by atoms with Crippen LogP contribution in [0.2, 0.25) is 0 Å². The van der Waals surface area contributed by atoms with Crippen LogP contribution in [0.1, 0.15) is 120 Å². The van der Waals surface area contributed by atoms with E-state index in [0.717, 1.165) is 0 Å². The van der Waals surface area contributed by atoms with Crippen LogP contribution in [0.25, 0.3) is 0 Å². The first-order chi connectivity index (χ1) is 14.4. The Hall–Kier alpha value is -1.56. The molecule has 0 fully saturated rings. The zero-order valence-corrected chi connectivity index (χ0v) is 19.0. The lowest BCUT2D eigenvalue weighted by atomic mass is 9.87. The fourth-order valence-electron chi connectivity index (χ4n) is 4.44. The summed E-state index contributed by atoms with van der Waals surface area (Å²) in [7, 11) is 0. The molecule has 29 heavy (non-hydrogen) atoms. The van der Waals surface area contributed by atoms with Crippen LogP contribution < -0.4 is 0 Å². The van der Waals surface area contributed by atoms with E-state index >= 15 is 0 Å². The van der Waals surface area contributed by atoms with Crippen LogP contribution in [-0.4, -0.2) is 0 Å². The van der Waals surface area contributed by atoms with Gasteiger partial charge >= 0.3 is 0 Å². The summed E-state index contributed by atoms with van der Waals surface area (Å²) in [5.41, 5.74) is 2.93. The van der Waals surface area contributed by atoms with Crippen molar-refractivity contribution in [1.82, 2.24) is 0 Å². The highest BCUT2D eigenvalue weighted by atomic mass is 14.2. The van der Waals surface area contributed by atoms with Crippen LogP contribution in [0.15, 0.2) is 60.7 Å². The van der Waals surface area contributed by atoms with Crippen molar-refractivity contribution in [3.63, 3.8) is 0 Å². The molecule has 2 rings (SSSR count). The summed E-state index contributed by atoms with van der Waals surface area (Å²) in [4.78, 5) is 0. The number of hydrogen-bond donors (Lipinski definition) is 0. The zero-order chi connectivity index (χ0) is 20.4. The molecule has 0 aliphatic rings. The highest BCUT2D eigenvalue weighted by Gasteiger charge is 2.13. The molecule has 0 aliphatic heterocycles. The van der Waals surface area contributed by atoms with E-state index in [-0.39, 0.29) is 0 Å². The van der Waals surface area contributed by atoms with Crippen molar-refractivity contribution in [2.45, 2.75) is 109 Å². The van der Waals surface area contributed by atoms with Gasteiger partial charge in [0.15, 0.2) is 0 Å². The molecule has 0 atom stereocenters. The summed E-state index contributed by atoms with van der Waals surface area (Å²) >= 11 is 0. The van der Waals surface area contributed by atoms with E-state index in [2.05, 4.69) is 67.6 Å². The smallest absolute Gasteiger partial charge is 0.00893 e. The van der Waals surface area contributed by atoms with Gasteiger partial charge < -0.3 is 0 Å². The Labute approximate surface area is 181 Å². The Morgan fingerprint density at radius 1 is 0.448 bits per heavy atom. The maximum atomic E-state index is 2.30. The predicted octanol–water partition coefficient (Wildman–Crippen LogP) is 9.69. The lowest BCUT2D eigenvalue weighted by Gasteiger charge is -2.18. The molecule has 0 heteroatoms. The number of rotatable bonds is 17. The van der Waals surface area contributed by atoms with E-state index in [1.54, 1.807) is 0 Å². The van der Waals surface area contributed by atoms with Gasteiger partial charge in [0.1, 0.15) is 0 Å². The molecular weight excluding hydrogens is 348 g/mol. The predicted molar refractivity (Wildman–Crippen MR) is 130 cm³/mol. The monoisotopic (exact) mass is 392 g/mol. The first kappa shape index (κ1) is 23.7. The molecule has 0 saturated heterocycles. The van der Waals surface area contributed by atoms with Crippen molar-refractivity contribution in [1.29, 1.82) is 0 Å². The largest absolute Gasteiger partial charge is 0.0654 e. The lowest BCUT2D eigenvalue weighted by Crippen LogP contribution is -2.01. The maximum Gasteiger partial charge on any atom is 0.00893 e. The normalized spacial score (nSPS) is 11.2. The fraction of sp³-hybridized carbons (Fsp3) is 0.586. The summed E-state index contributed by atoms with van der Waals surface area (Å²) in [5.74, 6) is 0.551. The van der Waals surface area contributed by atoms with Crippen LogP contribution in [-0.2, 0) is 0 Å². The van der Waals surface area contributed by atoms with Gasteiger partial charge in [-0.25, -0.2) is 0 Å². The molecule has 160 valence electrons. The van der Waals surface area contributed by atoms with Crippen LogP contribution in [0.4, 0.5) is 0 Å². The maximum absolute atomic E-state index is 2.30. The second-order valence-electron chi connectivity index (χ2n) is 8.76. The van der Waals surface area contributed by atoms with Gasteiger partial charge in [0.25, 0.3) is 0 Å².